The maximum atomic E-state index is 11.6. The number of nitrogens with one attached hydrogen (secondary N) is 2. The fourth-order valence-electron chi connectivity index (χ4n) is 1.07. The van der Waals surface area contributed by atoms with Crippen LogP contribution in [0.15, 0.2) is 11.1 Å². The Hall–Kier alpha value is -0.880. The molecule has 0 unspecified atom stereocenters. The summed E-state index contributed by atoms with van der Waals surface area (Å²) in [5, 5.41) is 6.27. The van der Waals surface area contributed by atoms with Crippen molar-refractivity contribution in [3.63, 3.8) is 0 Å². The van der Waals surface area contributed by atoms with Gasteiger partial charge in [0.2, 0.25) is 10.0 Å². The molecule has 0 aliphatic heterocycles. The van der Waals surface area contributed by atoms with Crippen molar-refractivity contribution in [3.8, 4) is 0 Å². The Balaban J connectivity index is 2.72. The number of rotatable bonds is 5. The van der Waals surface area contributed by atoms with E-state index in [0.29, 0.717) is 12.2 Å². The molecule has 0 aliphatic rings. The molecule has 0 bridgehead atoms. The first kappa shape index (κ1) is 11.2. The number of nitrogens with zero attached hydrogens (tertiary/aromatic N) is 1. The summed E-state index contributed by atoms with van der Waals surface area (Å²) in [6.07, 6.45) is 3.13. The average Bonchev–Trinajstić information content (AvgIpc) is 2.52. The third kappa shape index (κ3) is 2.55. The molecule has 6 heteroatoms. The van der Waals surface area contributed by atoms with Crippen LogP contribution in [0.25, 0.3) is 0 Å². The van der Waals surface area contributed by atoms with Crippen LogP contribution in [-0.4, -0.2) is 25.2 Å². The van der Waals surface area contributed by atoms with Crippen LogP contribution in [0.2, 0.25) is 0 Å². The van der Waals surface area contributed by atoms with Crippen LogP contribution in [-0.2, 0) is 10.0 Å². The summed E-state index contributed by atoms with van der Waals surface area (Å²) < 4.78 is 25.8. The van der Waals surface area contributed by atoms with Crippen LogP contribution >= 0.6 is 0 Å². The number of hydrogen-bond acceptors (Lipinski definition) is 3. The Morgan fingerprint density at radius 1 is 1.57 bits per heavy atom. The first-order chi connectivity index (χ1) is 6.58. The highest BCUT2D eigenvalue weighted by Crippen LogP contribution is 2.10. The highest BCUT2D eigenvalue weighted by atomic mass is 32.2. The Morgan fingerprint density at radius 3 is 2.79 bits per heavy atom. The minimum atomic E-state index is -3.36. The SMILES string of the molecule is CCCCNS(=O)(=O)c1cn[nH]c1C. The third-order valence-electron chi connectivity index (χ3n) is 1.90. The summed E-state index contributed by atoms with van der Waals surface area (Å²) in [5.41, 5.74) is 0.564. The van der Waals surface area contributed by atoms with Gasteiger partial charge in [-0.25, -0.2) is 13.1 Å². The van der Waals surface area contributed by atoms with E-state index in [1.807, 2.05) is 6.92 Å². The zero-order valence-electron chi connectivity index (χ0n) is 8.37. The molecule has 5 nitrogen and oxygen atoms in total. The first-order valence-corrected chi connectivity index (χ1v) is 6.06. The minimum absolute atomic E-state index is 0.230. The number of aromatic nitrogens is 2. The van der Waals surface area contributed by atoms with Crippen LogP contribution in [0.4, 0.5) is 0 Å². The number of unbranched alkanes of at least 4 members (excludes halogenated alkanes) is 1. The topological polar surface area (TPSA) is 74.8 Å². The van der Waals surface area contributed by atoms with Crippen molar-refractivity contribution in [2.24, 2.45) is 0 Å². The van der Waals surface area contributed by atoms with Crippen LogP contribution in [0.3, 0.4) is 0 Å². The monoisotopic (exact) mass is 217 g/mol. The van der Waals surface area contributed by atoms with Gasteiger partial charge < -0.3 is 0 Å². The first-order valence-electron chi connectivity index (χ1n) is 4.57. The smallest absolute Gasteiger partial charge is 0.243 e. The normalized spacial score (nSPS) is 11.9. The molecular weight excluding hydrogens is 202 g/mol. The Morgan fingerprint density at radius 2 is 2.29 bits per heavy atom. The third-order valence-corrected chi connectivity index (χ3v) is 3.47. The van der Waals surface area contributed by atoms with Gasteiger partial charge in [0.25, 0.3) is 0 Å². The molecule has 0 amide bonds. The molecule has 0 fully saturated rings. The van der Waals surface area contributed by atoms with Crippen molar-refractivity contribution in [3.05, 3.63) is 11.9 Å². The molecular formula is C8H15N3O2S. The molecule has 0 saturated heterocycles. The van der Waals surface area contributed by atoms with E-state index in [2.05, 4.69) is 14.9 Å². The fourth-order valence-corrected chi connectivity index (χ4v) is 2.28. The largest absolute Gasteiger partial charge is 0.281 e. The van der Waals surface area contributed by atoms with E-state index in [1.165, 1.54) is 6.20 Å². The van der Waals surface area contributed by atoms with E-state index in [9.17, 15) is 8.42 Å². The molecule has 1 aromatic heterocycles. The van der Waals surface area contributed by atoms with E-state index in [1.54, 1.807) is 6.92 Å². The molecule has 0 saturated carbocycles. The van der Waals surface area contributed by atoms with Crippen molar-refractivity contribution in [1.82, 2.24) is 14.9 Å². The summed E-state index contributed by atoms with van der Waals surface area (Å²) in [5.74, 6) is 0. The van der Waals surface area contributed by atoms with E-state index in [0.717, 1.165) is 12.8 Å². The standard InChI is InChI=1S/C8H15N3O2S/c1-3-4-5-10-14(12,13)8-6-9-11-7(8)2/h6,10H,3-5H2,1-2H3,(H,9,11). The molecule has 0 aromatic carbocycles. The molecule has 0 spiro atoms. The second-order valence-electron chi connectivity index (χ2n) is 3.11. The van der Waals surface area contributed by atoms with Crippen LogP contribution in [0.1, 0.15) is 25.5 Å². The van der Waals surface area contributed by atoms with Gasteiger partial charge in [0, 0.05) is 6.54 Å². The molecule has 1 heterocycles. The van der Waals surface area contributed by atoms with Gasteiger partial charge in [-0.2, -0.15) is 5.10 Å². The molecule has 0 radical (unpaired) electrons. The molecule has 1 aromatic rings. The van der Waals surface area contributed by atoms with Gasteiger partial charge in [0.15, 0.2) is 0 Å². The Kier molecular flexibility index (Phi) is 3.65. The van der Waals surface area contributed by atoms with Crippen LogP contribution in [0.5, 0.6) is 0 Å². The number of sulfonamides is 1. The average molecular weight is 217 g/mol. The van der Waals surface area contributed by atoms with E-state index >= 15 is 0 Å². The van der Waals surface area contributed by atoms with Crippen LogP contribution in [0, 0.1) is 6.92 Å². The van der Waals surface area contributed by atoms with Crippen molar-refractivity contribution in [2.75, 3.05) is 6.54 Å². The zero-order chi connectivity index (χ0) is 10.6. The van der Waals surface area contributed by atoms with Gasteiger partial charge in [0.1, 0.15) is 4.90 Å². The second-order valence-corrected chi connectivity index (χ2v) is 4.85. The number of H-pyrrole nitrogens is 1. The highest BCUT2D eigenvalue weighted by molar-refractivity contribution is 7.89. The van der Waals surface area contributed by atoms with E-state index < -0.39 is 10.0 Å². The lowest BCUT2D eigenvalue weighted by Gasteiger charge is -2.03. The number of hydrogen-bond donors (Lipinski definition) is 2. The lowest BCUT2D eigenvalue weighted by molar-refractivity contribution is 0.578. The molecule has 80 valence electrons. The molecule has 14 heavy (non-hydrogen) atoms. The second kappa shape index (κ2) is 4.56. The van der Waals surface area contributed by atoms with Gasteiger partial charge >= 0.3 is 0 Å². The lowest BCUT2D eigenvalue weighted by Crippen LogP contribution is -2.24. The predicted molar refractivity (Wildman–Crippen MR) is 53.4 cm³/mol. The Labute approximate surface area is 84.0 Å². The summed E-state index contributed by atoms with van der Waals surface area (Å²) in [4.78, 5) is 0.230. The summed E-state index contributed by atoms with van der Waals surface area (Å²) >= 11 is 0. The van der Waals surface area contributed by atoms with Gasteiger partial charge in [-0.15, -0.1) is 0 Å². The predicted octanol–water partition coefficient (Wildman–Crippen LogP) is 0.797. The van der Waals surface area contributed by atoms with Gasteiger partial charge in [-0.05, 0) is 13.3 Å². The summed E-state index contributed by atoms with van der Waals surface area (Å²) in [6.45, 7) is 4.17. The summed E-state index contributed by atoms with van der Waals surface area (Å²) in [7, 11) is -3.36. The van der Waals surface area contributed by atoms with E-state index in [-0.39, 0.29) is 4.90 Å². The van der Waals surface area contributed by atoms with Crippen molar-refractivity contribution in [2.45, 2.75) is 31.6 Å². The zero-order valence-corrected chi connectivity index (χ0v) is 9.19. The maximum Gasteiger partial charge on any atom is 0.243 e. The fraction of sp³-hybridized carbons (Fsp3) is 0.625. The van der Waals surface area contributed by atoms with Crippen molar-refractivity contribution in [1.29, 1.82) is 0 Å². The minimum Gasteiger partial charge on any atom is -0.281 e. The molecule has 1 rings (SSSR count). The molecule has 2 N–H and O–H groups in total. The molecule has 0 atom stereocenters. The van der Waals surface area contributed by atoms with Gasteiger partial charge in [0.05, 0.1) is 11.9 Å². The maximum absolute atomic E-state index is 11.6. The van der Waals surface area contributed by atoms with E-state index in [4.69, 9.17) is 0 Å². The quantitative estimate of drug-likeness (QED) is 0.716. The van der Waals surface area contributed by atoms with Crippen molar-refractivity contribution >= 4 is 10.0 Å². The molecule has 0 aliphatic carbocycles. The van der Waals surface area contributed by atoms with Gasteiger partial charge in [-0.3, -0.25) is 5.10 Å². The highest BCUT2D eigenvalue weighted by Gasteiger charge is 2.17. The van der Waals surface area contributed by atoms with Crippen molar-refractivity contribution < 1.29 is 8.42 Å². The lowest BCUT2D eigenvalue weighted by atomic mass is 10.3. The number of aryl methyl sites for hydroxylation is 1. The number of aromatic amines is 1. The van der Waals surface area contributed by atoms with Crippen LogP contribution < -0.4 is 4.72 Å². The summed E-state index contributed by atoms with van der Waals surface area (Å²) in [6, 6.07) is 0. The Bertz CT molecular complexity index is 383. The van der Waals surface area contributed by atoms with Gasteiger partial charge in [-0.1, -0.05) is 13.3 Å².